The number of halogens is 1. The van der Waals surface area contributed by atoms with Gasteiger partial charge < -0.3 is 9.26 Å². The highest BCUT2D eigenvalue weighted by Crippen LogP contribution is 2.31. The van der Waals surface area contributed by atoms with Crippen molar-refractivity contribution in [2.24, 2.45) is 0 Å². The van der Waals surface area contributed by atoms with E-state index in [1.807, 2.05) is 25.1 Å². The molecular formula is C19H23ClN4O3S. The van der Waals surface area contributed by atoms with Crippen molar-refractivity contribution in [3.8, 4) is 0 Å². The van der Waals surface area contributed by atoms with Gasteiger partial charge in [-0.25, -0.2) is 4.98 Å². The summed E-state index contributed by atoms with van der Waals surface area (Å²) >= 11 is 1.53. The van der Waals surface area contributed by atoms with E-state index in [1.165, 1.54) is 17.5 Å². The number of aryl methyl sites for hydroxylation is 1. The maximum atomic E-state index is 13.0. The molecule has 1 aromatic carbocycles. The summed E-state index contributed by atoms with van der Waals surface area (Å²) in [5, 5.41) is 4.37. The Labute approximate surface area is 173 Å². The van der Waals surface area contributed by atoms with Crippen molar-refractivity contribution in [3.05, 3.63) is 41.8 Å². The zero-order valence-corrected chi connectivity index (χ0v) is 17.3. The van der Waals surface area contributed by atoms with Crippen LogP contribution in [-0.4, -0.2) is 60.3 Å². The van der Waals surface area contributed by atoms with Crippen LogP contribution in [0.4, 0.5) is 5.13 Å². The van der Waals surface area contributed by atoms with E-state index in [0.29, 0.717) is 11.7 Å². The lowest BCUT2D eigenvalue weighted by molar-refractivity contribution is 0.0376. The Morgan fingerprint density at radius 3 is 2.82 bits per heavy atom. The monoisotopic (exact) mass is 422 g/mol. The van der Waals surface area contributed by atoms with Gasteiger partial charge in [-0.2, -0.15) is 0 Å². The molecule has 0 bridgehead atoms. The van der Waals surface area contributed by atoms with Gasteiger partial charge in [0.15, 0.2) is 5.13 Å². The fraction of sp³-hybridized carbons (Fsp3) is 0.421. The molecule has 0 saturated carbocycles. The Kier molecular flexibility index (Phi) is 7.01. The van der Waals surface area contributed by atoms with Gasteiger partial charge in [0.1, 0.15) is 0 Å². The van der Waals surface area contributed by atoms with E-state index in [0.717, 1.165) is 55.0 Å². The number of aromatic nitrogens is 2. The highest BCUT2D eigenvalue weighted by atomic mass is 35.5. The van der Waals surface area contributed by atoms with Crippen LogP contribution in [0.25, 0.3) is 10.2 Å². The average molecular weight is 423 g/mol. The summed E-state index contributed by atoms with van der Waals surface area (Å²) in [6, 6.07) is 7.68. The first-order valence-electron chi connectivity index (χ1n) is 9.11. The fourth-order valence-electron chi connectivity index (χ4n) is 3.21. The normalized spacial score (nSPS) is 14.8. The molecule has 0 atom stereocenters. The van der Waals surface area contributed by atoms with Gasteiger partial charge in [0.2, 0.25) is 5.76 Å². The molecule has 0 radical (unpaired) electrons. The van der Waals surface area contributed by atoms with Crippen LogP contribution in [0.5, 0.6) is 0 Å². The lowest BCUT2D eigenvalue weighted by atomic mass is 10.2. The van der Waals surface area contributed by atoms with E-state index in [2.05, 4.69) is 10.1 Å². The molecule has 0 N–H and O–H groups in total. The molecule has 3 aromatic rings. The first kappa shape index (κ1) is 20.7. The molecule has 1 aliphatic heterocycles. The van der Waals surface area contributed by atoms with Crippen LogP contribution < -0.4 is 4.90 Å². The summed E-state index contributed by atoms with van der Waals surface area (Å²) in [5.41, 5.74) is 2.05. The first-order valence-corrected chi connectivity index (χ1v) is 9.93. The predicted octanol–water partition coefficient (Wildman–Crippen LogP) is 3.38. The van der Waals surface area contributed by atoms with Crippen LogP contribution in [-0.2, 0) is 4.74 Å². The van der Waals surface area contributed by atoms with E-state index in [9.17, 15) is 4.79 Å². The van der Waals surface area contributed by atoms with Gasteiger partial charge in [0.25, 0.3) is 5.91 Å². The van der Waals surface area contributed by atoms with E-state index >= 15 is 0 Å². The largest absolute Gasteiger partial charge is 0.379 e. The molecule has 3 heterocycles. The Morgan fingerprint density at radius 2 is 2.11 bits per heavy atom. The minimum atomic E-state index is -0.203. The lowest BCUT2D eigenvalue weighted by Crippen LogP contribution is -2.39. The molecule has 7 nitrogen and oxygen atoms in total. The SMILES string of the molecule is Cc1cccc2sc(N(CCCN3CCOCC3)C(=O)c3ccno3)nc12.Cl. The number of rotatable bonds is 6. The van der Waals surface area contributed by atoms with Crippen molar-refractivity contribution in [2.45, 2.75) is 13.3 Å². The number of morpholine rings is 1. The highest BCUT2D eigenvalue weighted by molar-refractivity contribution is 7.22. The number of anilines is 1. The molecule has 0 unspecified atom stereocenters. The number of fused-ring (bicyclic) bond motifs is 1. The third-order valence-electron chi connectivity index (χ3n) is 4.69. The van der Waals surface area contributed by atoms with E-state index < -0.39 is 0 Å². The molecule has 4 rings (SSSR count). The number of carbonyl (C=O) groups is 1. The lowest BCUT2D eigenvalue weighted by Gasteiger charge is -2.27. The number of para-hydroxylation sites is 1. The summed E-state index contributed by atoms with van der Waals surface area (Å²) in [5.74, 6) is 0.0311. The number of thiazole rings is 1. The topological polar surface area (TPSA) is 71.7 Å². The second kappa shape index (κ2) is 9.47. The van der Waals surface area contributed by atoms with Crippen molar-refractivity contribution in [1.29, 1.82) is 0 Å². The third kappa shape index (κ3) is 4.52. The minimum absolute atomic E-state index is 0. The summed E-state index contributed by atoms with van der Waals surface area (Å²) in [6.07, 6.45) is 2.34. The molecule has 1 aliphatic rings. The molecule has 150 valence electrons. The van der Waals surface area contributed by atoms with Crippen LogP contribution >= 0.6 is 23.7 Å². The third-order valence-corrected chi connectivity index (χ3v) is 5.74. The second-order valence-corrected chi connectivity index (χ2v) is 7.57. The Bertz CT molecular complexity index is 909. The minimum Gasteiger partial charge on any atom is -0.379 e. The van der Waals surface area contributed by atoms with Gasteiger partial charge in [0, 0.05) is 32.2 Å². The van der Waals surface area contributed by atoms with Crippen molar-refractivity contribution >= 4 is 45.0 Å². The zero-order chi connectivity index (χ0) is 18.6. The second-order valence-electron chi connectivity index (χ2n) is 6.56. The molecule has 1 fully saturated rings. The van der Waals surface area contributed by atoms with Gasteiger partial charge in [-0.1, -0.05) is 28.6 Å². The smallest absolute Gasteiger partial charge is 0.298 e. The molecule has 1 amide bonds. The fourth-order valence-corrected chi connectivity index (χ4v) is 4.28. The summed E-state index contributed by atoms with van der Waals surface area (Å²) < 4.78 is 11.6. The van der Waals surface area contributed by atoms with Crippen LogP contribution in [0.1, 0.15) is 22.5 Å². The zero-order valence-electron chi connectivity index (χ0n) is 15.7. The predicted molar refractivity (Wildman–Crippen MR) is 112 cm³/mol. The van der Waals surface area contributed by atoms with Gasteiger partial charge in [-0.15, -0.1) is 12.4 Å². The highest BCUT2D eigenvalue weighted by Gasteiger charge is 2.24. The standard InChI is InChI=1S/C19H22N4O3S.ClH/c1-14-4-2-5-16-17(14)21-19(27-16)23(18(24)15-6-7-20-26-15)9-3-8-22-10-12-25-13-11-22;/h2,4-7H,3,8-13H2,1H3;1H. The Hall–Kier alpha value is -2.00. The van der Waals surface area contributed by atoms with Crippen LogP contribution in [0.3, 0.4) is 0 Å². The molecule has 0 spiro atoms. The van der Waals surface area contributed by atoms with Crippen molar-refractivity contribution in [1.82, 2.24) is 15.0 Å². The van der Waals surface area contributed by atoms with Crippen molar-refractivity contribution in [3.63, 3.8) is 0 Å². The van der Waals surface area contributed by atoms with Crippen molar-refractivity contribution in [2.75, 3.05) is 44.3 Å². The van der Waals surface area contributed by atoms with E-state index in [4.69, 9.17) is 14.2 Å². The summed E-state index contributed by atoms with van der Waals surface area (Å²) in [4.78, 5) is 21.8. The number of ether oxygens (including phenoxy) is 1. The summed E-state index contributed by atoms with van der Waals surface area (Å²) in [7, 11) is 0. The number of hydrogen-bond acceptors (Lipinski definition) is 7. The maximum absolute atomic E-state index is 13.0. The number of carbonyl (C=O) groups excluding carboxylic acids is 1. The van der Waals surface area contributed by atoms with E-state index in [1.54, 1.807) is 11.0 Å². The van der Waals surface area contributed by atoms with E-state index in [-0.39, 0.29) is 24.1 Å². The molecule has 2 aromatic heterocycles. The Balaban J connectivity index is 0.00000225. The molecular weight excluding hydrogens is 400 g/mol. The van der Waals surface area contributed by atoms with Gasteiger partial charge in [-0.3, -0.25) is 14.6 Å². The number of hydrogen-bond donors (Lipinski definition) is 0. The van der Waals surface area contributed by atoms with Crippen LogP contribution in [0.15, 0.2) is 35.0 Å². The quantitative estimate of drug-likeness (QED) is 0.606. The maximum Gasteiger partial charge on any atom is 0.298 e. The van der Waals surface area contributed by atoms with Crippen molar-refractivity contribution < 1.29 is 14.1 Å². The molecule has 1 saturated heterocycles. The Morgan fingerprint density at radius 1 is 1.29 bits per heavy atom. The first-order chi connectivity index (χ1) is 13.2. The average Bonchev–Trinajstić information content (AvgIpc) is 3.36. The molecule has 28 heavy (non-hydrogen) atoms. The molecule has 9 heteroatoms. The number of benzene rings is 1. The summed E-state index contributed by atoms with van der Waals surface area (Å²) in [6.45, 7) is 6.97. The van der Waals surface area contributed by atoms with Gasteiger partial charge in [-0.05, 0) is 25.0 Å². The van der Waals surface area contributed by atoms with Gasteiger partial charge >= 0.3 is 0 Å². The van der Waals surface area contributed by atoms with Gasteiger partial charge in [0.05, 0.1) is 29.6 Å². The molecule has 0 aliphatic carbocycles. The van der Waals surface area contributed by atoms with Crippen LogP contribution in [0.2, 0.25) is 0 Å². The number of amides is 1. The number of nitrogens with zero attached hydrogens (tertiary/aromatic N) is 4. The van der Waals surface area contributed by atoms with Crippen LogP contribution in [0, 0.1) is 6.92 Å².